The van der Waals surface area contributed by atoms with Crippen LogP contribution in [0.15, 0.2) is 84.9 Å². The van der Waals surface area contributed by atoms with Crippen LogP contribution in [0.5, 0.6) is 0 Å². The summed E-state index contributed by atoms with van der Waals surface area (Å²) in [5.41, 5.74) is 14.7. The van der Waals surface area contributed by atoms with Gasteiger partial charge in [-0.05, 0) is 0 Å². The van der Waals surface area contributed by atoms with Crippen LogP contribution in [0.2, 0.25) is 0 Å². The topological polar surface area (TPSA) is 0 Å². The van der Waals surface area contributed by atoms with E-state index in [4.69, 9.17) is 0 Å². The van der Waals surface area contributed by atoms with Crippen LogP contribution in [0, 0.1) is 0 Å². The maximum atomic E-state index is 2.96. The van der Waals surface area contributed by atoms with Gasteiger partial charge in [-0.25, -0.2) is 0 Å². The molecule has 0 heterocycles. The van der Waals surface area contributed by atoms with Gasteiger partial charge in [-0.1, -0.05) is 0 Å². The van der Waals surface area contributed by atoms with Crippen molar-refractivity contribution in [3.63, 3.8) is 0 Å². The molecule has 0 radical (unpaired) electrons. The Balaban J connectivity index is 1.36. The fraction of sp³-hybridized carbons (Fsp3) is 0.143. The summed E-state index contributed by atoms with van der Waals surface area (Å²) in [6, 6.07) is 31.5. The fourth-order valence-corrected chi connectivity index (χ4v) is 5.91. The molecule has 4 aromatic rings. The van der Waals surface area contributed by atoms with E-state index in [1.807, 2.05) is 0 Å². The monoisotopic (exact) mass is 408 g/mol. The van der Waals surface area contributed by atoms with E-state index in [2.05, 4.69) is 102 Å². The Bertz CT molecular complexity index is 1250. The predicted molar refractivity (Wildman–Crippen MR) is 116 cm³/mol. The normalized spacial score (nSPS) is 14.1. The van der Waals surface area contributed by atoms with Crippen LogP contribution >= 0.6 is 0 Å². The van der Waals surface area contributed by atoms with Crippen LogP contribution in [-0.4, -0.2) is 0 Å². The number of hydrogen-bond acceptors (Lipinski definition) is 0. The molecule has 0 saturated heterocycles. The zero-order valence-corrected chi connectivity index (χ0v) is 17.6. The molecule has 2 aliphatic rings. The van der Waals surface area contributed by atoms with Crippen LogP contribution in [0.4, 0.5) is 0 Å². The summed E-state index contributed by atoms with van der Waals surface area (Å²) in [6.07, 6.45) is 3.21. The molecule has 0 bridgehead atoms. The quantitative estimate of drug-likeness (QED) is 0.307. The van der Waals surface area contributed by atoms with Crippen molar-refractivity contribution in [3.05, 3.63) is 118 Å². The van der Waals surface area contributed by atoms with Crippen LogP contribution in [-0.2, 0) is 36.7 Å². The van der Waals surface area contributed by atoms with Gasteiger partial charge in [-0.3, -0.25) is 0 Å². The SMILES string of the molecule is [V][CH](Cc1cccc2c1Cc1ccccc1-2)c1cccc2c1Cc1ccccc1-2. The predicted octanol–water partition coefficient (Wildman–Crippen LogP) is 6.66. The van der Waals surface area contributed by atoms with Gasteiger partial charge in [0.2, 0.25) is 0 Å². The minimum absolute atomic E-state index is 0.446. The molecule has 0 aliphatic heterocycles. The summed E-state index contributed by atoms with van der Waals surface area (Å²) in [6.45, 7) is 0. The van der Waals surface area contributed by atoms with Crippen LogP contribution in [0.25, 0.3) is 22.3 Å². The average Bonchev–Trinajstić information content (AvgIpc) is 3.32. The van der Waals surface area contributed by atoms with Crippen molar-refractivity contribution >= 4 is 0 Å². The molecule has 0 amide bonds. The Morgan fingerprint density at radius 3 is 1.86 bits per heavy atom. The first-order valence-electron chi connectivity index (χ1n) is 10.4. The molecule has 0 N–H and O–H groups in total. The summed E-state index contributed by atoms with van der Waals surface area (Å²) in [4.78, 5) is 0. The fourth-order valence-electron chi connectivity index (χ4n) is 5.23. The standard InChI is InChI=1S/C28H21.V/c1-3-11-23-21(7-1)17-27-19(9-5-13-25(23)27)15-16-20-10-6-14-26-24-12-4-2-8-22(24)18-28(20)26;/h1-15H,16-18H2;. The molecular weight excluding hydrogens is 387 g/mol. The van der Waals surface area contributed by atoms with Gasteiger partial charge in [0.1, 0.15) is 0 Å². The Labute approximate surface area is 181 Å². The van der Waals surface area contributed by atoms with Gasteiger partial charge in [0, 0.05) is 0 Å². The second kappa shape index (κ2) is 6.76. The summed E-state index contributed by atoms with van der Waals surface area (Å²) >= 11 is 2.96. The zero-order chi connectivity index (χ0) is 19.4. The molecule has 0 nitrogen and oxygen atoms in total. The zero-order valence-electron chi connectivity index (χ0n) is 16.2. The molecule has 2 aliphatic carbocycles. The molecule has 6 rings (SSSR count). The van der Waals surface area contributed by atoms with Crippen molar-refractivity contribution in [2.24, 2.45) is 0 Å². The number of hydrogen-bond donors (Lipinski definition) is 0. The third kappa shape index (κ3) is 2.75. The van der Waals surface area contributed by atoms with E-state index in [0.717, 1.165) is 19.3 Å². The molecule has 0 aromatic heterocycles. The molecule has 0 spiro atoms. The first kappa shape index (κ1) is 17.3. The third-order valence-electron chi connectivity index (χ3n) is 6.61. The van der Waals surface area contributed by atoms with Gasteiger partial charge >= 0.3 is 182 Å². The van der Waals surface area contributed by atoms with E-state index < -0.39 is 0 Å². The van der Waals surface area contributed by atoms with Crippen molar-refractivity contribution < 1.29 is 17.4 Å². The number of fused-ring (bicyclic) bond motifs is 6. The van der Waals surface area contributed by atoms with Gasteiger partial charge in [-0.2, -0.15) is 0 Å². The summed E-state index contributed by atoms with van der Waals surface area (Å²) < 4.78 is 0.446. The number of benzene rings is 4. The molecule has 4 aromatic carbocycles. The van der Waals surface area contributed by atoms with E-state index in [9.17, 15) is 0 Å². The molecule has 138 valence electrons. The Hall–Kier alpha value is -2.54. The number of rotatable bonds is 3. The van der Waals surface area contributed by atoms with Crippen molar-refractivity contribution in [3.8, 4) is 22.3 Å². The van der Waals surface area contributed by atoms with Crippen LogP contribution in [0.3, 0.4) is 0 Å². The first-order valence-corrected chi connectivity index (χ1v) is 11.2. The Morgan fingerprint density at radius 2 is 1.14 bits per heavy atom. The van der Waals surface area contributed by atoms with E-state index >= 15 is 0 Å². The van der Waals surface area contributed by atoms with E-state index in [1.54, 1.807) is 0 Å². The Kier molecular flexibility index (Phi) is 4.04. The molecule has 0 fully saturated rings. The molecule has 0 saturated carbocycles. The molecule has 1 heteroatoms. The van der Waals surface area contributed by atoms with Gasteiger partial charge in [0.25, 0.3) is 0 Å². The summed E-state index contributed by atoms with van der Waals surface area (Å²) in [5, 5.41) is 0. The first-order chi connectivity index (χ1) is 14.3. The van der Waals surface area contributed by atoms with E-state index in [1.165, 1.54) is 55.6 Å². The van der Waals surface area contributed by atoms with E-state index in [0.29, 0.717) is 4.63 Å². The summed E-state index contributed by atoms with van der Waals surface area (Å²) in [7, 11) is 0. The van der Waals surface area contributed by atoms with Gasteiger partial charge < -0.3 is 0 Å². The van der Waals surface area contributed by atoms with Gasteiger partial charge in [0.15, 0.2) is 0 Å². The second-order valence-corrected chi connectivity index (χ2v) is 9.18. The Morgan fingerprint density at radius 1 is 0.586 bits per heavy atom. The summed E-state index contributed by atoms with van der Waals surface area (Å²) in [5.74, 6) is 0. The molecule has 29 heavy (non-hydrogen) atoms. The van der Waals surface area contributed by atoms with Crippen molar-refractivity contribution in [1.82, 2.24) is 0 Å². The van der Waals surface area contributed by atoms with Gasteiger partial charge in [0.05, 0.1) is 0 Å². The van der Waals surface area contributed by atoms with Crippen LogP contribution in [0.1, 0.15) is 38.0 Å². The van der Waals surface area contributed by atoms with Crippen molar-refractivity contribution in [1.29, 1.82) is 0 Å². The van der Waals surface area contributed by atoms with E-state index in [-0.39, 0.29) is 0 Å². The van der Waals surface area contributed by atoms with Crippen molar-refractivity contribution in [2.75, 3.05) is 0 Å². The van der Waals surface area contributed by atoms with Crippen LogP contribution < -0.4 is 0 Å². The maximum absolute atomic E-state index is 2.96. The minimum atomic E-state index is 0.446. The van der Waals surface area contributed by atoms with Gasteiger partial charge in [-0.15, -0.1) is 0 Å². The third-order valence-corrected chi connectivity index (χ3v) is 7.33. The molecular formula is C28H21V. The molecule has 1 unspecified atom stereocenters. The van der Waals surface area contributed by atoms with Crippen molar-refractivity contribution in [2.45, 2.75) is 23.9 Å². The average molecular weight is 408 g/mol. The second-order valence-electron chi connectivity index (χ2n) is 8.20. The molecule has 1 atom stereocenters.